The van der Waals surface area contributed by atoms with Gasteiger partial charge in [-0.1, -0.05) is 5.21 Å². The molecule has 2 aromatic rings. The second-order valence-electron chi connectivity index (χ2n) is 7.04. The number of hydrogen-bond donors (Lipinski definition) is 0. The number of aromatic nitrogens is 3. The number of rotatable bonds is 6. The van der Waals surface area contributed by atoms with E-state index in [1.54, 1.807) is 42.0 Å². The molecule has 2 saturated heterocycles. The molecule has 28 heavy (non-hydrogen) atoms. The molecular formula is C19H23N5O4. The zero-order valence-corrected chi connectivity index (χ0v) is 16.0. The molecule has 0 saturated carbocycles. The molecule has 2 amide bonds. The monoisotopic (exact) mass is 385 g/mol. The first kappa shape index (κ1) is 18.3. The molecule has 1 aromatic heterocycles. The van der Waals surface area contributed by atoms with Crippen LogP contribution >= 0.6 is 0 Å². The lowest BCUT2D eigenvalue weighted by Gasteiger charge is -2.38. The summed E-state index contributed by atoms with van der Waals surface area (Å²) >= 11 is 0. The highest BCUT2D eigenvalue weighted by atomic mass is 16.5. The molecule has 4 rings (SSSR count). The number of ether oxygens (including phenoxy) is 2. The fourth-order valence-electron chi connectivity index (χ4n) is 3.57. The summed E-state index contributed by atoms with van der Waals surface area (Å²) in [6.45, 7) is 2.42. The van der Waals surface area contributed by atoms with Crippen LogP contribution < -0.4 is 9.47 Å². The molecule has 2 aliphatic rings. The maximum atomic E-state index is 12.7. The van der Waals surface area contributed by atoms with Crippen LogP contribution in [0, 0.1) is 0 Å². The van der Waals surface area contributed by atoms with E-state index in [9.17, 15) is 9.59 Å². The average molecular weight is 385 g/mol. The third kappa shape index (κ3) is 3.39. The first-order valence-corrected chi connectivity index (χ1v) is 9.29. The number of carbonyl (C=O) groups excluding carboxylic acids is 2. The Morgan fingerprint density at radius 3 is 2.68 bits per heavy atom. The van der Waals surface area contributed by atoms with E-state index in [0.29, 0.717) is 43.1 Å². The Hall–Kier alpha value is -3.10. The number of likely N-dealkylation sites (tertiary alicyclic amines) is 2. The summed E-state index contributed by atoms with van der Waals surface area (Å²) in [7, 11) is 3.11. The van der Waals surface area contributed by atoms with E-state index in [1.807, 2.05) is 11.1 Å². The van der Waals surface area contributed by atoms with Crippen molar-refractivity contribution in [3.63, 3.8) is 0 Å². The third-order valence-electron chi connectivity index (χ3n) is 5.24. The summed E-state index contributed by atoms with van der Waals surface area (Å²) < 4.78 is 12.3. The molecule has 0 bridgehead atoms. The number of methoxy groups -OCH3 is 2. The Balaban J connectivity index is 1.35. The van der Waals surface area contributed by atoms with Gasteiger partial charge in [0.25, 0.3) is 5.91 Å². The Morgan fingerprint density at radius 2 is 2.00 bits per heavy atom. The fourth-order valence-corrected chi connectivity index (χ4v) is 3.57. The third-order valence-corrected chi connectivity index (χ3v) is 5.24. The molecule has 148 valence electrons. The second-order valence-corrected chi connectivity index (χ2v) is 7.04. The molecule has 0 radical (unpaired) electrons. The Bertz CT molecular complexity index is 890. The molecular weight excluding hydrogens is 362 g/mol. The van der Waals surface area contributed by atoms with Crippen LogP contribution in [0.5, 0.6) is 11.5 Å². The van der Waals surface area contributed by atoms with E-state index in [-0.39, 0.29) is 17.9 Å². The average Bonchev–Trinajstić information content (AvgIpc) is 3.29. The van der Waals surface area contributed by atoms with Gasteiger partial charge in [0.1, 0.15) is 5.69 Å². The molecule has 0 aliphatic carbocycles. The highest BCUT2D eigenvalue weighted by molar-refractivity contribution is 5.95. The van der Waals surface area contributed by atoms with Crippen LogP contribution in [-0.4, -0.2) is 70.5 Å². The quantitative estimate of drug-likeness (QED) is 0.740. The molecule has 0 unspecified atom stereocenters. The number of benzene rings is 1. The topological polar surface area (TPSA) is 89.8 Å². The Kier molecular flexibility index (Phi) is 4.89. The highest BCUT2D eigenvalue weighted by Gasteiger charge is 2.34. The Labute approximate surface area is 162 Å². The summed E-state index contributed by atoms with van der Waals surface area (Å²) in [4.78, 5) is 28.0. The van der Waals surface area contributed by atoms with Gasteiger partial charge in [-0.05, 0) is 24.6 Å². The first-order valence-electron chi connectivity index (χ1n) is 9.29. The molecule has 1 aromatic carbocycles. The van der Waals surface area contributed by atoms with Crippen molar-refractivity contribution in [2.75, 3.05) is 33.9 Å². The summed E-state index contributed by atoms with van der Waals surface area (Å²) in [5, 5.41) is 8.35. The van der Waals surface area contributed by atoms with Gasteiger partial charge in [0.15, 0.2) is 11.5 Å². The van der Waals surface area contributed by atoms with Crippen LogP contribution in [0.1, 0.15) is 34.9 Å². The first-order chi connectivity index (χ1) is 13.6. The largest absolute Gasteiger partial charge is 0.493 e. The minimum atomic E-state index is -0.0554. The van der Waals surface area contributed by atoms with Gasteiger partial charge in [-0.3, -0.25) is 9.59 Å². The number of amides is 2. The molecule has 0 spiro atoms. The number of carbonyl (C=O) groups is 2. The molecule has 3 heterocycles. The lowest BCUT2D eigenvalue weighted by Crippen LogP contribution is -2.50. The van der Waals surface area contributed by atoms with Crippen LogP contribution in [0.3, 0.4) is 0 Å². The van der Waals surface area contributed by atoms with Crippen LogP contribution in [0.2, 0.25) is 0 Å². The predicted molar refractivity (Wildman–Crippen MR) is 99.2 cm³/mol. The van der Waals surface area contributed by atoms with Crippen molar-refractivity contribution in [2.45, 2.75) is 25.4 Å². The van der Waals surface area contributed by atoms with Crippen LogP contribution in [0.15, 0.2) is 24.4 Å². The lowest BCUT2D eigenvalue weighted by molar-refractivity contribution is -0.128. The van der Waals surface area contributed by atoms with Gasteiger partial charge in [-0.25, -0.2) is 4.68 Å². The molecule has 9 heteroatoms. The van der Waals surface area contributed by atoms with Crippen LogP contribution in [-0.2, 0) is 11.3 Å². The summed E-state index contributed by atoms with van der Waals surface area (Å²) in [5.41, 5.74) is 1.34. The van der Waals surface area contributed by atoms with Crippen molar-refractivity contribution in [2.24, 2.45) is 0 Å². The molecule has 2 fully saturated rings. The van der Waals surface area contributed by atoms with E-state index >= 15 is 0 Å². The maximum absolute atomic E-state index is 12.7. The van der Waals surface area contributed by atoms with Crippen LogP contribution in [0.4, 0.5) is 0 Å². The summed E-state index contributed by atoms with van der Waals surface area (Å²) in [6, 6.07) is 5.25. The van der Waals surface area contributed by atoms with Crippen LogP contribution in [0.25, 0.3) is 0 Å². The number of hydrogen-bond acceptors (Lipinski definition) is 6. The van der Waals surface area contributed by atoms with Gasteiger partial charge in [0.2, 0.25) is 5.91 Å². The molecule has 2 aliphatic heterocycles. The van der Waals surface area contributed by atoms with Crippen molar-refractivity contribution >= 4 is 11.8 Å². The van der Waals surface area contributed by atoms with Gasteiger partial charge >= 0.3 is 0 Å². The van der Waals surface area contributed by atoms with Crippen molar-refractivity contribution in [3.05, 3.63) is 35.7 Å². The van der Waals surface area contributed by atoms with Crippen molar-refractivity contribution in [1.29, 1.82) is 0 Å². The van der Waals surface area contributed by atoms with E-state index in [4.69, 9.17) is 9.47 Å². The molecule has 0 atom stereocenters. The van der Waals surface area contributed by atoms with Gasteiger partial charge in [-0.15, -0.1) is 5.10 Å². The van der Waals surface area contributed by atoms with Crippen molar-refractivity contribution in [3.8, 4) is 11.5 Å². The van der Waals surface area contributed by atoms with E-state index in [2.05, 4.69) is 10.3 Å². The molecule has 0 N–H and O–H groups in total. The van der Waals surface area contributed by atoms with E-state index in [0.717, 1.165) is 18.7 Å². The van der Waals surface area contributed by atoms with E-state index in [1.165, 1.54) is 0 Å². The Morgan fingerprint density at radius 1 is 1.21 bits per heavy atom. The van der Waals surface area contributed by atoms with Gasteiger partial charge in [-0.2, -0.15) is 0 Å². The summed E-state index contributed by atoms with van der Waals surface area (Å²) in [5.74, 6) is 1.24. The van der Waals surface area contributed by atoms with Gasteiger partial charge in [0.05, 0.1) is 33.0 Å². The second kappa shape index (κ2) is 7.49. The van der Waals surface area contributed by atoms with E-state index < -0.39 is 0 Å². The summed E-state index contributed by atoms with van der Waals surface area (Å²) in [6.07, 6.45) is 3.39. The number of nitrogens with zero attached hydrogens (tertiary/aromatic N) is 5. The minimum absolute atomic E-state index is 0.0554. The molecule has 9 nitrogen and oxygen atoms in total. The van der Waals surface area contributed by atoms with Gasteiger partial charge < -0.3 is 19.3 Å². The highest BCUT2D eigenvalue weighted by Crippen LogP contribution is 2.30. The minimum Gasteiger partial charge on any atom is -0.493 e. The van der Waals surface area contributed by atoms with Gasteiger partial charge in [0, 0.05) is 31.6 Å². The lowest BCUT2D eigenvalue weighted by atomic mass is 10.1. The standard InChI is InChI=1S/C19H23N5O4/c1-27-16-6-5-13(8-17(16)28-2)19(26)23-11-15(12-23)24-10-14(20-21-24)9-22-7-3-4-18(22)25/h5-6,8,10,15H,3-4,7,9,11-12H2,1-2H3. The SMILES string of the molecule is COc1ccc(C(=O)N2CC(n3cc(CN4CCCC4=O)nn3)C2)cc1OC. The van der Waals surface area contributed by atoms with Crippen molar-refractivity contribution < 1.29 is 19.1 Å². The maximum Gasteiger partial charge on any atom is 0.254 e. The normalized spacial score (nSPS) is 17.0. The smallest absolute Gasteiger partial charge is 0.254 e. The zero-order chi connectivity index (χ0) is 19.7. The van der Waals surface area contributed by atoms with Crippen molar-refractivity contribution in [1.82, 2.24) is 24.8 Å². The zero-order valence-electron chi connectivity index (χ0n) is 16.0. The fraction of sp³-hybridized carbons (Fsp3) is 0.474. The predicted octanol–water partition coefficient (Wildman–Crippen LogP) is 1.11.